The van der Waals surface area contributed by atoms with Crippen molar-refractivity contribution in [1.29, 1.82) is 0 Å². The number of hydrogen-bond donors (Lipinski definition) is 1. The van der Waals surface area contributed by atoms with Crippen LogP contribution < -0.4 is 0 Å². The van der Waals surface area contributed by atoms with E-state index in [-0.39, 0.29) is 0 Å². The van der Waals surface area contributed by atoms with Gasteiger partial charge < -0.3 is 4.40 Å². The molecule has 0 saturated carbocycles. The van der Waals surface area contributed by atoms with Crippen LogP contribution in [0.1, 0.15) is 5.69 Å². The quantitative estimate of drug-likeness (QED) is 0.568. The molecule has 114 valence electrons. The lowest BCUT2D eigenvalue weighted by Gasteiger charge is -1.95. The first-order valence-corrected chi connectivity index (χ1v) is 8.38. The van der Waals surface area contributed by atoms with Gasteiger partial charge in [0.05, 0.1) is 5.69 Å². The molecule has 3 aromatic heterocycles. The van der Waals surface area contributed by atoms with E-state index >= 15 is 0 Å². The maximum absolute atomic E-state index is 5.90. The van der Waals surface area contributed by atoms with Crippen LogP contribution in [0.5, 0.6) is 0 Å². The number of H-pyrrole nitrogens is 1. The van der Waals surface area contributed by atoms with E-state index in [2.05, 4.69) is 20.2 Å². The smallest absolute Gasteiger partial charge is 0.209 e. The molecular weight excluding hydrogens is 330 g/mol. The van der Waals surface area contributed by atoms with E-state index in [1.165, 1.54) is 0 Å². The maximum Gasteiger partial charge on any atom is 0.209 e. The van der Waals surface area contributed by atoms with Crippen LogP contribution in [0.4, 0.5) is 0 Å². The summed E-state index contributed by atoms with van der Waals surface area (Å²) in [6.07, 6.45) is 4.01. The molecule has 0 aliphatic carbocycles. The number of benzene rings is 1. The Labute approximate surface area is 141 Å². The van der Waals surface area contributed by atoms with Gasteiger partial charge in [0.15, 0.2) is 5.82 Å². The lowest BCUT2D eigenvalue weighted by molar-refractivity contribution is 0.972. The normalized spacial score (nSPS) is 11.2. The standard InChI is InChI=1S/C16H12ClN5S/c17-12-6-4-11(5-7-12)15-19-16(21-20-15)23-10-13-9-22-8-2-1-3-14(22)18-13/h1-9H,10H2,(H,19,20,21). The minimum atomic E-state index is 0.701. The van der Waals surface area contributed by atoms with Crippen molar-refractivity contribution in [2.75, 3.05) is 0 Å². The zero-order valence-electron chi connectivity index (χ0n) is 12.0. The van der Waals surface area contributed by atoms with Crippen molar-refractivity contribution < 1.29 is 0 Å². The SMILES string of the molecule is Clc1ccc(-c2nc(SCc3cn4ccccc4n3)n[nH]2)cc1. The third-order valence-electron chi connectivity index (χ3n) is 3.35. The van der Waals surface area contributed by atoms with Crippen LogP contribution in [-0.4, -0.2) is 24.6 Å². The molecule has 0 bridgehead atoms. The van der Waals surface area contributed by atoms with Crippen LogP contribution in [0.15, 0.2) is 60.0 Å². The fourth-order valence-corrected chi connectivity index (χ4v) is 3.05. The van der Waals surface area contributed by atoms with Gasteiger partial charge in [-0.25, -0.2) is 9.97 Å². The van der Waals surface area contributed by atoms with Crippen LogP contribution in [-0.2, 0) is 5.75 Å². The molecule has 0 amide bonds. The molecule has 0 atom stereocenters. The Kier molecular flexibility index (Phi) is 3.77. The summed E-state index contributed by atoms with van der Waals surface area (Å²) < 4.78 is 2.01. The van der Waals surface area contributed by atoms with Crippen molar-refractivity contribution in [3.63, 3.8) is 0 Å². The van der Waals surface area contributed by atoms with E-state index in [0.717, 1.165) is 28.5 Å². The van der Waals surface area contributed by atoms with Gasteiger partial charge in [-0.3, -0.25) is 5.10 Å². The topological polar surface area (TPSA) is 58.9 Å². The summed E-state index contributed by atoms with van der Waals surface area (Å²) >= 11 is 7.45. The number of fused-ring (bicyclic) bond motifs is 1. The zero-order chi connectivity index (χ0) is 15.6. The number of aromatic nitrogens is 5. The number of hydrogen-bond acceptors (Lipinski definition) is 4. The second kappa shape index (κ2) is 6.06. The van der Waals surface area contributed by atoms with E-state index in [0.29, 0.717) is 10.2 Å². The van der Waals surface area contributed by atoms with Gasteiger partial charge in [0.25, 0.3) is 0 Å². The molecule has 7 heteroatoms. The van der Waals surface area contributed by atoms with Crippen LogP contribution in [0.2, 0.25) is 5.02 Å². The summed E-state index contributed by atoms with van der Waals surface area (Å²) in [6, 6.07) is 13.5. The second-order valence-electron chi connectivity index (χ2n) is 4.96. The molecule has 4 rings (SSSR count). The predicted octanol–water partition coefficient (Wildman–Crippen LogP) is 4.07. The van der Waals surface area contributed by atoms with Crippen LogP contribution >= 0.6 is 23.4 Å². The number of imidazole rings is 1. The third-order valence-corrected chi connectivity index (χ3v) is 4.48. The molecule has 23 heavy (non-hydrogen) atoms. The summed E-state index contributed by atoms with van der Waals surface area (Å²) in [5, 5.41) is 8.60. The molecule has 5 nitrogen and oxygen atoms in total. The van der Waals surface area contributed by atoms with Gasteiger partial charge in [0.1, 0.15) is 5.65 Å². The Morgan fingerprint density at radius 2 is 1.96 bits per heavy atom. The monoisotopic (exact) mass is 341 g/mol. The minimum absolute atomic E-state index is 0.701. The van der Waals surface area contributed by atoms with Crippen LogP contribution in [0.25, 0.3) is 17.0 Å². The Hall–Kier alpha value is -2.31. The molecule has 0 saturated heterocycles. The fourth-order valence-electron chi connectivity index (χ4n) is 2.24. The van der Waals surface area contributed by atoms with E-state index in [1.807, 2.05) is 59.3 Å². The van der Waals surface area contributed by atoms with Gasteiger partial charge in [0.2, 0.25) is 5.16 Å². The highest BCUT2D eigenvalue weighted by Gasteiger charge is 2.08. The lowest BCUT2D eigenvalue weighted by Crippen LogP contribution is -1.82. The molecule has 4 aromatic rings. The number of rotatable bonds is 4. The average molecular weight is 342 g/mol. The molecular formula is C16H12ClN5S. The van der Waals surface area contributed by atoms with E-state index in [1.54, 1.807) is 11.8 Å². The summed E-state index contributed by atoms with van der Waals surface area (Å²) in [5.41, 5.74) is 2.90. The van der Waals surface area contributed by atoms with Crippen molar-refractivity contribution >= 4 is 29.0 Å². The first kappa shape index (κ1) is 14.3. The Morgan fingerprint density at radius 1 is 1.09 bits per heavy atom. The first-order chi connectivity index (χ1) is 11.3. The Bertz CT molecular complexity index is 911. The van der Waals surface area contributed by atoms with Crippen molar-refractivity contribution in [2.45, 2.75) is 10.9 Å². The number of aromatic amines is 1. The summed E-state index contributed by atoms with van der Waals surface area (Å²) in [7, 11) is 0. The molecule has 1 aromatic carbocycles. The van der Waals surface area contributed by atoms with Crippen LogP contribution in [0.3, 0.4) is 0 Å². The summed E-state index contributed by atoms with van der Waals surface area (Å²) in [4.78, 5) is 9.06. The number of pyridine rings is 1. The highest BCUT2D eigenvalue weighted by atomic mass is 35.5. The molecule has 0 aliphatic heterocycles. The molecule has 0 fully saturated rings. The number of nitrogens with one attached hydrogen (secondary N) is 1. The van der Waals surface area contributed by atoms with Crippen LogP contribution in [0, 0.1) is 0 Å². The van der Waals surface area contributed by atoms with Crippen molar-refractivity contribution in [1.82, 2.24) is 24.6 Å². The van der Waals surface area contributed by atoms with Gasteiger partial charge in [-0.15, -0.1) is 5.10 Å². The molecule has 0 radical (unpaired) electrons. The number of nitrogens with zero attached hydrogens (tertiary/aromatic N) is 4. The lowest BCUT2D eigenvalue weighted by atomic mass is 10.2. The zero-order valence-corrected chi connectivity index (χ0v) is 13.6. The number of thioether (sulfide) groups is 1. The van der Waals surface area contributed by atoms with E-state index in [4.69, 9.17) is 11.6 Å². The highest BCUT2D eigenvalue weighted by Crippen LogP contribution is 2.23. The first-order valence-electron chi connectivity index (χ1n) is 7.02. The van der Waals surface area contributed by atoms with Crippen molar-refractivity contribution in [3.05, 3.63) is 65.6 Å². The van der Waals surface area contributed by atoms with Gasteiger partial charge in [-0.2, -0.15) is 0 Å². The number of halogens is 1. The molecule has 0 spiro atoms. The molecule has 1 N–H and O–H groups in total. The minimum Gasteiger partial charge on any atom is -0.307 e. The molecule has 0 aliphatic rings. The highest BCUT2D eigenvalue weighted by molar-refractivity contribution is 7.98. The summed E-state index contributed by atoms with van der Waals surface area (Å²) in [6.45, 7) is 0. The summed E-state index contributed by atoms with van der Waals surface area (Å²) in [5.74, 6) is 1.46. The maximum atomic E-state index is 5.90. The molecule has 0 unspecified atom stereocenters. The fraction of sp³-hybridized carbons (Fsp3) is 0.0625. The van der Waals surface area contributed by atoms with Gasteiger partial charge in [0, 0.05) is 28.7 Å². The molecule has 3 heterocycles. The van der Waals surface area contributed by atoms with Gasteiger partial charge >= 0.3 is 0 Å². The van der Waals surface area contributed by atoms with E-state index in [9.17, 15) is 0 Å². The Balaban J connectivity index is 1.48. The Morgan fingerprint density at radius 3 is 2.78 bits per heavy atom. The predicted molar refractivity (Wildman–Crippen MR) is 91.6 cm³/mol. The van der Waals surface area contributed by atoms with Crippen molar-refractivity contribution in [2.24, 2.45) is 0 Å². The largest absolute Gasteiger partial charge is 0.307 e. The van der Waals surface area contributed by atoms with Gasteiger partial charge in [-0.1, -0.05) is 29.4 Å². The van der Waals surface area contributed by atoms with Crippen molar-refractivity contribution in [3.8, 4) is 11.4 Å². The van der Waals surface area contributed by atoms with E-state index < -0.39 is 0 Å². The average Bonchev–Trinajstić information content (AvgIpc) is 3.20. The third kappa shape index (κ3) is 3.09. The second-order valence-corrected chi connectivity index (χ2v) is 6.34. The van der Waals surface area contributed by atoms with Gasteiger partial charge in [-0.05, 0) is 36.4 Å².